The number of hydrogen-bond donors (Lipinski definition) is 0. The van der Waals surface area contributed by atoms with Gasteiger partial charge in [-0.15, -0.1) is 0 Å². The van der Waals surface area contributed by atoms with Gasteiger partial charge in [0.05, 0.1) is 22.1 Å². The van der Waals surface area contributed by atoms with E-state index in [2.05, 4.69) is 101 Å². The molecular weight excluding hydrogens is 649 g/mol. The van der Waals surface area contributed by atoms with Crippen LogP contribution < -0.4 is 0 Å². The third-order valence-electron chi connectivity index (χ3n) is 6.90. The molecule has 0 spiro atoms. The van der Waals surface area contributed by atoms with E-state index in [1.54, 1.807) is 18.8 Å². The van der Waals surface area contributed by atoms with Crippen LogP contribution in [0.3, 0.4) is 0 Å². The van der Waals surface area contributed by atoms with Crippen LogP contribution >= 0.6 is 9.42 Å². The SMILES string of the molecule is CC[C@H](C)Cn1c(-c2cccc(-c3nc4ccccc4n3C[C@@H](C)CC)n2)nc2ccccc21.[Cl][Pt]. The van der Waals surface area contributed by atoms with Gasteiger partial charge < -0.3 is 9.13 Å². The van der Waals surface area contributed by atoms with Gasteiger partial charge in [0.2, 0.25) is 0 Å². The van der Waals surface area contributed by atoms with E-state index in [-0.39, 0.29) is 0 Å². The number of aromatic nitrogens is 5. The van der Waals surface area contributed by atoms with Gasteiger partial charge in [-0.05, 0) is 48.2 Å². The van der Waals surface area contributed by atoms with E-state index < -0.39 is 0 Å². The fourth-order valence-electron chi connectivity index (χ4n) is 4.48. The van der Waals surface area contributed by atoms with Crippen molar-refractivity contribution < 1.29 is 18.8 Å². The zero-order valence-electron chi connectivity index (χ0n) is 21.3. The first-order chi connectivity index (χ1) is 17.6. The number of pyridine rings is 1. The van der Waals surface area contributed by atoms with Crippen molar-refractivity contribution in [3.8, 4) is 23.0 Å². The second kappa shape index (κ2) is 12.2. The molecule has 0 fully saturated rings. The van der Waals surface area contributed by atoms with E-state index in [1.165, 1.54) is 0 Å². The van der Waals surface area contributed by atoms with E-state index in [0.29, 0.717) is 11.8 Å². The Labute approximate surface area is 228 Å². The molecule has 0 unspecified atom stereocenters. The van der Waals surface area contributed by atoms with Crippen molar-refractivity contribution in [3.05, 3.63) is 66.7 Å². The summed E-state index contributed by atoms with van der Waals surface area (Å²) in [5, 5.41) is 0. The molecule has 2 aromatic carbocycles. The summed E-state index contributed by atoms with van der Waals surface area (Å²) in [6.45, 7) is 10.9. The molecular formula is C29H33ClN5Pt. The summed E-state index contributed by atoms with van der Waals surface area (Å²) in [4.78, 5) is 15.1. The number of para-hydroxylation sites is 4. The fraction of sp³-hybridized carbons (Fsp3) is 0.345. The van der Waals surface area contributed by atoms with Crippen LogP contribution in [0.4, 0.5) is 0 Å². The maximum absolute atomic E-state index is 5.12. The van der Waals surface area contributed by atoms with Crippen LogP contribution in [0.25, 0.3) is 45.1 Å². The Morgan fingerprint density at radius 3 is 1.47 bits per heavy atom. The van der Waals surface area contributed by atoms with E-state index in [1.807, 2.05) is 12.1 Å². The number of hydrogen-bond acceptors (Lipinski definition) is 3. The van der Waals surface area contributed by atoms with Crippen LogP contribution in [0.1, 0.15) is 40.5 Å². The van der Waals surface area contributed by atoms with Gasteiger partial charge in [-0.1, -0.05) is 70.9 Å². The molecule has 191 valence electrons. The molecule has 0 aliphatic heterocycles. The standard InChI is InChI=1S/C29H33N5.ClH.Pt/c1-5-20(3)18-33-26-16-9-7-12-22(26)31-28(33)24-14-11-15-25(30-24)29-32-23-13-8-10-17-27(23)34(29)19-21(4)6-2;;/h7-17,20-21H,5-6,18-19H2,1-4H3;1H;/q;;+1/p-1/t20-,21-;;/m0../s1. The second-order valence-corrected chi connectivity index (χ2v) is 9.50. The normalized spacial score (nSPS) is 13.0. The molecule has 0 bridgehead atoms. The third kappa shape index (κ3) is 5.43. The summed E-state index contributed by atoms with van der Waals surface area (Å²) in [7, 11) is 4.61. The monoisotopic (exact) mass is 681 g/mol. The summed E-state index contributed by atoms with van der Waals surface area (Å²) in [5.74, 6) is 2.96. The summed E-state index contributed by atoms with van der Waals surface area (Å²) in [6, 6.07) is 23.0. The molecule has 36 heavy (non-hydrogen) atoms. The van der Waals surface area contributed by atoms with E-state index in [0.717, 1.165) is 71.0 Å². The number of rotatable bonds is 8. The van der Waals surface area contributed by atoms with Crippen LogP contribution in [0.5, 0.6) is 0 Å². The van der Waals surface area contributed by atoms with Crippen LogP contribution in [0.2, 0.25) is 0 Å². The summed E-state index contributed by atoms with van der Waals surface area (Å²) in [6.07, 6.45) is 2.25. The van der Waals surface area contributed by atoms with E-state index in [4.69, 9.17) is 15.0 Å². The van der Waals surface area contributed by atoms with Gasteiger partial charge >= 0.3 is 28.2 Å². The third-order valence-corrected chi connectivity index (χ3v) is 6.90. The fourth-order valence-corrected chi connectivity index (χ4v) is 4.48. The zero-order chi connectivity index (χ0) is 25.7. The summed E-state index contributed by atoms with van der Waals surface area (Å²) >= 11 is 1.61. The molecule has 0 N–H and O–H groups in total. The Balaban J connectivity index is 0.00000148. The minimum atomic E-state index is 0.555. The van der Waals surface area contributed by atoms with Gasteiger partial charge in [-0.3, -0.25) is 0 Å². The van der Waals surface area contributed by atoms with Crippen LogP contribution in [0, 0.1) is 11.8 Å². The van der Waals surface area contributed by atoms with Crippen molar-refractivity contribution in [2.45, 2.75) is 53.6 Å². The first-order valence-electron chi connectivity index (χ1n) is 12.6. The van der Waals surface area contributed by atoms with E-state index in [9.17, 15) is 0 Å². The number of imidazole rings is 2. The quantitative estimate of drug-likeness (QED) is 0.167. The molecule has 3 aromatic heterocycles. The molecule has 2 atom stereocenters. The molecule has 5 rings (SSSR count). The molecule has 5 aromatic rings. The van der Waals surface area contributed by atoms with Crippen molar-refractivity contribution in [1.29, 1.82) is 0 Å². The summed E-state index contributed by atoms with van der Waals surface area (Å²) in [5.41, 5.74) is 6.12. The zero-order valence-corrected chi connectivity index (χ0v) is 24.3. The number of fused-ring (bicyclic) bond motifs is 2. The number of benzene rings is 2. The second-order valence-electron chi connectivity index (χ2n) is 9.50. The first-order valence-corrected chi connectivity index (χ1v) is 15.4. The molecule has 0 radical (unpaired) electrons. The average Bonchev–Trinajstić information content (AvgIpc) is 3.48. The molecule has 7 heteroatoms. The van der Waals surface area contributed by atoms with Crippen molar-refractivity contribution >= 4 is 31.5 Å². The Kier molecular flexibility index (Phi) is 8.98. The Morgan fingerprint density at radius 1 is 0.639 bits per heavy atom. The van der Waals surface area contributed by atoms with Crippen molar-refractivity contribution in [1.82, 2.24) is 24.1 Å². The van der Waals surface area contributed by atoms with Crippen molar-refractivity contribution in [2.75, 3.05) is 0 Å². The molecule has 0 aliphatic rings. The van der Waals surface area contributed by atoms with Crippen LogP contribution in [-0.2, 0) is 31.9 Å². The van der Waals surface area contributed by atoms with Gasteiger partial charge in [0.15, 0.2) is 11.6 Å². The first kappa shape index (κ1) is 26.6. The van der Waals surface area contributed by atoms with Crippen LogP contribution in [-0.4, -0.2) is 24.1 Å². The van der Waals surface area contributed by atoms with Gasteiger partial charge in [0, 0.05) is 13.1 Å². The van der Waals surface area contributed by atoms with Gasteiger partial charge in [-0.25, -0.2) is 15.0 Å². The van der Waals surface area contributed by atoms with Gasteiger partial charge in [0.25, 0.3) is 0 Å². The molecule has 0 saturated carbocycles. The molecule has 5 nitrogen and oxygen atoms in total. The molecule has 0 amide bonds. The average molecular weight is 682 g/mol. The maximum atomic E-state index is 5.12. The predicted molar refractivity (Wildman–Crippen MR) is 146 cm³/mol. The van der Waals surface area contributed by atoms with Crippen molar-refractivity contribution in [2.24, 2.45) is 11.8 Å². The molecule has 0 aliphatic carbocycles. The van der Waals surface area contributed by atoms with Crippen LogP contribution in [0.15, 0.2) is 66.7 Å². The number of nitrogens with zero attached hydrogens (tertiary/aromatic N) is 5. The van der Waals surface area contributed by atoms with E-state index >= 15 is 0 Å². The Morgan fingerprint density at radius 2 is 1.06 bits per heavy atom. The van der Waals surface area contributed by atoms with Gasteiger partial charge in [0.1, 0.15) is 11.4 Å². The predicted octanol–water partition coefficient (Wildman–Crippen LogP) is 7.89. The molecule has 3 heterocycles. The topological polar surface area (TPSA) is 48.5 Å². The molecule has 0 saturated heterocycles. The minimum absolute atomic E-state index is 0.555. The number of halogens is 1. The van der Waals surface area contributed by atoms with Gasteiger partial charge in [-0.2, -0.15) is 0 Å². The van der Waals surface area contributed by atoms with Crippen molar-refractivity contribution in [3.63, 3.8) is 0 Å². The summed E-state index contributed by atoms with van der Waals surface area (Å²) < 4.78 is 4.66. The Bertz CT molecular complexity index is 1340. The Hall–Kier alpha value is -2.49.